The van der Waals surface area contributed by atoms with Crippen LogP contribution in [0.5, 0.6) is 0 Å². The van der Waals surface area contributed by atoms with Gasteiger partial charge in [0.25, 0.3) is 0 Å². The summed E-state index contributed by atoms with van der Waals surface area (Å²) in [6.07, 6.45) is 1.00. The molecule has 18 heavy (non-hydrogen) atoms. The molecule has 0 aliphatic rings. The van der Waals surface area contributed by atoms with Gasteiger partial charge in [0.1, 0.15) is 0 Å². The van der Waals surface area contributed by atoms with Crippen molar-refractivity contribution in [1.82, 2.24) is 0 Å². The van der Waals surface area contributed by atoms with E-state index in [-0.39, 0.29) is 10.5 Å². The van der Waals surface area contributed by atoms with E-state index in [1.165, 1.54) is 0 Å². The van der Waals surface area contributed by atoms with Crippen molar-refractivity contribution in [1.29, 1.82) is 0 Å². The summed E-state index contributed by atoms with van der Waals surface area (Å²) in [7, 11) is 1.78. The quantitative estimate of drug-likeness (QED) is 0.633. The van der Waals surface area contributed by atoms with E-state index in [4.69, 9.17) is 13.9 Å². The average Bonchev–Trinajstić information content (AvgIpc) is 2.25. The van der Waals surface area contributed by atoms with Gasteiger partial charge in [0, 0.05) is 26.2 Å². The Labute approximate surface area is 114 Å². The summed E-state index contributed by atoms with van der Waals surface area (Å²) < 4.78 is 17.0. The maximum atomic E-state index is 6.33. The first-order valence-corrected chi connectivity index (χ1v) is 9.67. The molecule has 0 aromatic rings. The molecule has 3 nitrogen and oxygen atoms in total. The Kier molecular flexibility index (Phi) is 7.07. The van der Waals surface area contributed by atoms with E-state index in [1.54, 1.807) is 14.2 Å². The zero-order valence-electron chi connectivity index (χ0n) is 13.6. The summed E-state index contributed by atoms with van der Waals surface area (Å²) in [5.41, 5.74) is -0.0149. The van der Waals surface area contributed by atoms with E-state index >= 15 is 0 Å². The fraction of sp³-hybridized carbons (Fsp3) is 1.00. The molecule has 0 amide bonds. The highest BCUT2D eigenvalue weighted by molar-refractivity contribution is 6.74. The van der Waals surface area contributed by atoms with Crippen LogP contribution in [-0.4, -0.2) is 42.4 Å². The number of methoxy groups -OCH3 is 2. The van der Waals surface area contributed by atoms with Crippen molar-refractivity contribution < 1.29 is 13.9 Å². The van der Waals surface area contributed by atoms with Crippen LogP contribution in [0.2, 0.25) is 18.1 Å². The maximum Gasteiger partial charge on any atom is 0.192 e. The second kappa shape index (κ2) is 7.03. The molecule has 0 radical (unpaired) electrons. The Hall–Kier alpha value is 0.0969. The van der Waals surface area contributed by atoms with Crippen molar-refractivity contribution in [3.63, 3.8) is 0 Å². The predicted molar refractivity (Wildman–Crippen MR) is 79.6 cm³/mol. The summed E-state index contributed by atoms with van der Waals surface area (Å²) in [6.45, 7) is 15.6. The SMILES string of the molecule is CCC(COC)(COC)CO[Si](C)(C)C(C)(C)C. The lowest BCUT2D eigenvalue weighted by molar-refractivity contribution is -0.0246. The van der Waals surface area contributed by atoms with Crippen LogP contribution in [0.15, 0.2) is 0 Å². The fourth-order valence-corrected chi connectivity index (χ4v) is 2.69. The lowest BCUT2D eigenvalue weighted by Gasteiger charge is -2.40. The lowest BCUT2D eigenvalue weighted by atomic mass is 9.88. The molecule has 0 heterocycles. The van der Waals surface area contributed by atoms with Gasteiger partial charge >= 0.3 is 0 Å². The highest BCUT2D eigenvalue weighted by Gasteiger charge is 2.40. The highest BCUT2D eigenvalue weighted by Crippen LogP contribution is 2.38. The summed E-state index contributed by atoms with van der Waals surface area (Å²) in [5, 5.41) is 0.243. The number of hydrogen-bond acceptors (Lipinski definition) is 3. The van der Waals surface area contributed by atoms with E-state index in [9.17, 15) is 0 Å². The fourth-order valence-electron chi connectivity index (χ4n) is 1.59. The van der Waals surface area contributed by atoms with Crippen LogP contribution in [0, 0.1) is 5.41 Å². The van der Waals surface area contributed by atoms with Crippen molar-refractivity contribution >= 4 is 8.32 Å². The van der Waals surface area contributed by atoms with Gasteiger partial charge in [0.2, 0.25) is 0 Å². The van der Waals surface area contributed by atoms with Gasteiger partial charge in [0.15, 0.2) is 8.32 Å². The zero-order chi connectivity index (χ0) is 14.4. The van der Waals surface area contributed by atoms with Gasteiger partial charge in [-0.3, -0.25) is 0 Å². The molecule has 0 saturated heterocycles. The standard InChI is InChI=1S/C14H32O3Si/c1-9-14(10-15-5,11-16-6)12-17-18(7,8)13(2,3)4/h9-12H2,1-8H3. The van der Waals surface area contributed by atoms with Crippen LogP contribution < -0.4 is 0 Å². The summed E-state index contributed by atoms with van der Waals surface area (Å²) in [6, 6.07) is 0. The molecule has 0 spiro atoms. The summed E-state index contributed by atoms with van der Waals surface area (Å²) in [5.74, 6) is 0. The number of hydrogen-bond donors (Lipinski definition) is 0. The Morgan fingerprint density at radius 1 is 0.889 bits per heavy atom. The molecule has 0 bridgehead atoms. The molecule has 0 aromatic heterocycles. The van der Waals surface area contributed by atoms with Crippen LogP contribution in [0.1, 0.15) is 34.1 Å². The Morgan fingerprint density at radius 3 is 1.61 bits per heavy atom. The molecule has 0 unspecified atom stereocenters. The second-order valence-corrected chi connectivity index (χ2v) is 11.6. The van der Waals surface area contributed by atoms with Crippen LogP contribution in [0.3, 0.4) is 0 Å². The summed E-state index contributed by atoms with van der Waals surface area (Å²) >= 11 is 0. The van der Waals surface area contributed by atoms with Gasteiger partial charge in [-0.25, -0.2) is 0 Å². The monoisotopic (exact) mass is 276 g/mol. The smallest absolute Gasteiger partial charge is 0.192 e. The minimum Gasteiger partial charge on any atom is -0.416 e. The van der Waals surface area contributed by atoms with E-state index in [1.807, 2.05) is 0 Å². The molecule has 4 heteroatoms. The van der Waals surface area contributed by atoms with E-state index in [2.05, 4.69) is 40.8 Å². The average molecular weight is 276 g/mol. The van der Waals surface area contributed by atoms with Crippen LogP contribution in [-0.2, 0) is 13.9 Å². The molecule has 0 atom stereocenters. The minimum absolute atomic E-state index is 0.0149. The third kappa shape index (κ3) is 5.00. The zero-order valence-corrected chi connectivity index (χ0v) is 14.6. The van der Waals surface area contributed by atoms with Crippen molar-refractivity contribution in [2.45, 2.75) is 52.2 Å². The predicted octanol–water partition coefficient (Wildman–Crippen LogP) is 3.70. The third-order valence-corrected chi connectivity index (χ3v) is 8.67. The maximum absolute atomic E-state index is 6.33. The molecule has 110 valence electrons. The summed E-state index contributed by atoms with van der Waals surface area (Å²) in [4.78, 5) is 0. The van der Waals surface area contributed by atoms with Gasteiger partial charge in [-0.1, -0.05) is 27.7 Å². The Morgan fingerprint density at radius 2 is 1.33 bits per heavy atom. The van der Waals surface area contributed by atoms with E-state index in [0.717, 1.165) is 13.0 Å². The molecular weight excluding hydrogens is 244 g/mol. The second-order valence-electron chi connectivity index (χ2n) is 6.77. The molecule has 0 N–H and O–H groups in total. The third-order valence-electron chi connectivity index (χ3n) is 4.20. The van der Waals surface area contributed by atoms with E-state index in [0.29, 0.717) is 13.2 Å². The molecule has 0 aliphatic heterocycles. The Bertz CT molecular complexity index is 228. The van der Waals surface area contributed by atoms with Crippen LogP contribution in [0.4, 0.5) is 0 Å². The van der Waals surface area contributed by atoms with Crippen LogP contribution in [0.25, 0.3) is 0 Å². The molecule has 0 aliphatic carbocycles. The van der Waals surface area contributed by atoms with Crippen molar-refractivity contribution in [2.75, 3.05) is 34.0 Å². The normalized spacial score (nSPS) is 14.0. The van der Waals surface area contributed by atoms with Crippen LogP contribution >= 0.6 is 0 Å². The molecular formula is C14H32O3Si. The molecule has 0 aromatic carbocycles. The van der Waals surface area contributed by atoms with Crippen molar-refractivity contribution in [3.05, 3.63) is 0 Å². The number of rotatable bonds is 8. The van der Waals surface area contributed by atoms with E-state index < -0.39 is 8.32 Å². The molecule has 0 saturated carbocycles. The first kappa shape index (κ1) is 18.1. The largest absolute Gasteiger partial charge is 0.416 e. The van der Waals surface area contributed by atoms with Gasteiger partial charge in [-0.05, 0) is 24.6 Å². The first-order chi connectivity index (χ1) is 8.14. The van der Waals surface area contributed by atoms with Gasteiger partial charge in [0.05, 0.1) is 13.2 Å². The molecule has 0 fully saturated rings. The topological polar surface area (TPSA) is 27.7 Å². The Balaban J connectivity index is 4.70. The lowest BCUT2D eigenvalue weighted by Crippen LogP contribution is -2.46. The van der Waals surface area contributed by atoms with Crippen molar-refractivity contribution in [2.24, 2.45) is 5.41 Å². The number of ether oxygens (including phenoxy) is 2. The van der Waals surface area contributed by atoms with Gasteiger partial charge in [-0.15, -0.1) is 0 Å². The first-order valence-electron chi connectivity index (χ1n) is 6.76. The minimum atomic E-state index is -1.70. The van der Waals surface area contributed by atoms with Crippen molar-refractivity contribution in [3.8, 4) is 0 Å². The van der Waals surface area contributed by atoms with Gasteiger partial charge in [-0.2, -0.15) is 0 Å². The highest BCUT2D eigenvalue weighted by atomic mass is 28.4. The molecule has 0 rings (SSSR count). The van der Waals surface area contributed by atoms with Gasteiger partial charge < -0.3 is 13.9 Å².